The van der Waals surface area contributed by atoms with E-state index in [1.54, 1.807) is 43.3 Å². The fourth-order valence-electron chi connectivity index (χ4n) is 3.65. The van der Waals surface area contributed by atoms with Crippen LogP contribution in [0.5, 0.6) is 0 Å². The van der Waals surface area contributed by atoms with E-state index in [1.165, 1.54) is 9.80 Å². The molecule has 1 saturated heterocycles. The zero-order chi connectivity index (χ0) is 24.0. The van der Waals surface area contributed by atoms with E-state index < -0.39 is 5.97 Å². The van der Waals surface area contributed by atoms with E-state index in [4.69, 9.17) is 9.47 Å². The second-order valence-electron chi connectivity index (χ2n) is 8.02. The van der Waals surface area contributed by atoms with Crippen LogP contribution >= 0.6 is 0 Å². The summed E-state index contributed by atoms with van der Waals surface area (Å²) in [6, 6.07) is 3.45. The molecule has 2 unspecified atom stereocenters. The molecule has 0 aromatic carbocycles. The van der Waals surface area contributed by atoms with Gasteiger partial charge in [-0.25, -0.2) is 9.78 Å². The molecule has 0 saturated carbocycles. The SMILES string of the molecule is [Ac].[CH2-]C1CCC([n+]2cccc(C(=O)OCCN(C)C(=O)c3c(N(C)C=O)ncn3CCC)c2)O1. The van der Waals surface area contributed by atoms with Crippen LogP contribution < -0.4 is 9.47 Å². The third kappa shape index (κ3) is 6.86. The number of hydrogen-bond acceptors (Lipinski definition) is 6. The van der Waals surface area contributed by atoms with Crippen molar-refractivity contribution < 1.29 is 72.5 Å². The average Bonchev–Trinajstić information content (AvgIpc) is 3.44. The van der Waals surface area contributed by atoms with Crippen LogP contribution in [0.4, 0.5) is 5.82 Å². The van der Waals surface area contributed by atoms with Crippen LogP contribution in [0, 0.1) is 51.0 Å². The number of nitrogens with zero attached hydrogens (tertiary/aromatic N) is 5. The normalized spacial score (nSPS) is 17.1. The van der Waals surface area contributed by atoms with Crippen molar-refractivity contribution in [2.24, 2.45) is 0 Å². The third-order valence-electron chi connectivity index (χ3n) is 5.46. The quantitative estimate of drug-likeness (QED) is 0.164. The number of hydrogen-bond donors (Lipinski definition) is 0. The van der Waals surface area contributed by atoms with Crippen molar-refractivity contribution in [3.05, 3.63) is 49.0 Å². The van der Waals surface area contributed by atoms with Crippen LogP contribution in [0.15, 0.2) is 30.9 Å². The van der Waals surface area contributed by atoms with Gasteiger partial charge in [-0.15, -0.1) is 0 Å². The summed E-state index contributed by atoms with van der Waals surface area (Å²) in [6.45, 7) is 6.71. The Labute approximate surface area is 235 Å². The van der Waals surface area contributed by atoms with E-state index >= 15 is 0 Å². The number of carbonyl (C=O) groups is 3. The second-order valence-corrected chi connectivity index (χ2v) is 8.02. The Morgan fingerprint density at radius 2 is 2.15 bits per heavy atom. The Balaban J connectivity index is 0.00000408. The van der Waals surface area contributed by atoms with E-state index in [0.717, 1.165) is 19.3 Å². The summed E-state index contributed by atoms with van der Waals surface area (Å²) < 4.78 is 14.7. The predicted molar refractivity (Wildman–Crippen MR) is 119 cm³/mol. The van der Waals surface area contributed by atoms with Crippen molar-refractivity contribution in [3.8, 4) is 0 Å². The molecule has 0 N–H and O–H groups in total. The van der Waals surface area contributed by atoms with Crippen LogP contribution in [0.3, 0.4) is 0 Å². The molecule has 0 aliphatic carbocycles. The van der Waals surface area contributed by atoms with Crippen molar-refractivity contribution in [2.45, 2.75) is 45.1 Å². The topological polar surface area (TPSA) is 97.9 Å². The number of ether oxygens (including phenoxy) is 2. The molecule has 0 spiro atoms. The fourth-order valence-corrected chi connectivity index (χ4v) is 3.65. The summed E-state index contributed by atoms with van der Waals surface area (Å²) in [5, 5.41) is 0. The Bertz CT molecular complexity index is 998. The van der Waals surface area contributed by atoms with Gasteiger partial charge in [-0.2, -0.15) is 4.57 Å². The summed E-state index contributed by atoms with van der Waals surface area (Å²) >= 11 is 0. The van der Waals surface area contributed by atoms with Crippen LogP contribution in [-0.4, -0.2) is 66.1 Å². The average molecular weight is 685 g/mol. The molecule has 2 atom stereocenters. The summed E-state index contributed by atoms with van der Waals surface area (Å²) in [7, 11) is 3.16. The number of pyridine rings is 1. The van der Waals surface area contributed by atoms with Gasteiger partial charge in [-0.1, -0.05) is 13.0 Å². The van der Waals surface area contributed by atoms with E-state index in [2.05, 4.69) is 11.9 Å². The molecule has 10 nitrogen and oxygen atoms in total. The van der Waals surface area contributed by atoms with Gasteiger partial charge in [0, 0.05) is 77.2 Å². The van der Waals surface area contributed by atoms with Gasteiger partial charge in [0.2, 0.25) is 6.41 Å². The minimum absolute atomic E-state index is 0. The summed E-state index contributed by atoms with van der Waals surface area (Å²) in [4.78, 5) is 43.7. The van der Waals surface area contributed by atoms with Crippen molar-refractivity contribution in [2.75, 3.05) is 32.1 Å². The first-order valence-corrected chi connectivity index (χ1v) is 11.0. The fraction of sp³-hybridized carbons (Fsp3) is 0.478. The molecule has 3 rings (SSSR count). The van der Waals surface area contributed by atoms with Gasteiger partial charge in [0.1, 0.15) is 12.2 Å². The number of imidazole rings is 1. The number of esters is 1. The second kappa shape index (κ2) is 13.3. The Kier molecular flexibility index (Phi) is 11.1. The molecule has 34 heavy (non-hydrogen) atoms. The van der Waals surface area contributed by atoms with Crippen molar-refractivity contribution in [1.82, 2.24) is 14.5 Å². The minimum atomic E-state index is -0.480. The first-order valence-electron chi connectivity index (χ1n) is 11.0. The molecule has 0 bridgehead atoms. The molecule has 1 aliphatic heterocycles. The number of anilines is 1. The zero-order valence-corrected chi connectivity index (χ0v) is 24.7. The third-order valence-corrected chi connectivity index (χ3v) is 5.46. The number of aromatic nitrogens is 3. The number of carbonyl (C=O) groups excluding carboxylic acids is 3. The molecular formula is C23H31AcN5O5. The molecule has 11 heteroatoms. The molecule has 1 fully saturated rings. The van der Waals surface area contributed by atoms with Gasteiger partial charge in [0.25, 0.3) is 12.1 Å². The summed E-state index contributed by atoms with van der Waals surface area (Å²) in [6.07, 6.45) is 8.02. The van der Waals surface area contributed by atoms with Gasteiger partial charge in [0.15, 0.2) is 23.9 Å². The number of likely N-dealkylation sites (N-methyl/N-ethyl adjacent to an activating group) is 1. The van der Waals surface area contributed by atoms with E-state index in [1.807, 2.05) is 17.7 Å². The first-order chi connectivity index (χ1) is 15.8. The largest absolute Gasteiger partial charge is 0.460 e. The maximum Gasteiger partial charge on any atom is 0.344 e. The number of aryl methyl sites for hydroxylation is 1. The predicted octanol–water partition coefficient (Wildman–Crippen LogP) is 1.61. The maximum atomic E-state index is 13.1. The van der Waals surface area contributed by atoms with Crippen LogP contribution in [0.1, 0.15) is 53.3 Å². The van der Waals surface area contributed by atoms with Gasteiger partial charge in [-0.3, -0.25) is 9.59 Å². The number of amides is 2. The Morgan fingerprint density at radius 1 is 1.38 bits per heavy atom. The maximum absolute atomic E-state index is 13.1. The molecule has 1 aliphatic rings. The van der Waals surface area contributed by atoms with Gasteiger partial charge >= 0.3 is 5.97 Å². The van der Waals surface area contributed by atoms with Gasteiger partial charge in [-0.05, 0) is 18.9 Å². The minimum Gasteiger partial charge on any atom is -0.460 e. The molecule has 2 amide bonds. The monoisotopic (exact) mass is 684 g/mol. The van der Waals surface area contributed by atoms with Crippen molar-refractivity contribution in [3.63, 3.8) is 0 Å². The van der Waals surface area contributed by atoms with Gasteiger partial charge < -0.3 is 30.8 Å². The van der Waals surface area contributed by atoms with Gasteiger partial charge in [0.05, 0.1) is 12.9 Å². The van der Waals surface area contributed by atoms with E-state index in [9.17, 15) is 14.4 Å². The summed E-state index contributed by atoms with van der Waals surface area (Å²) in [5.41, 5.74) is 0.725. The molecule has 2 aromatic heterocycles. The number of rotatable bonds is 10. The molecule has 2 aromatic rings. The van der Waals surface area contributed by atoms with Crippen LogP contribution in [-0.2, 0) is 20.8 Å². The van der Waals surface area contributed by atoms with Crippen molar-refractivity contribution in [1.29, 1.82) is 0 Å². The Hall–Kier alpha value is -1.83. The molecule has 1 radical (unpaired) electrons. The summed E-state index contributed by atoms with van der Waals surface area (Å²) in [5.74, 6) is -0.495. The first kappa shape index (κ1) is 28.4. The van der Waals surface area contributed by atoms with E-state index in [0.29, 0.717) is 30.0 Å². The zero-order valence-electron chi connectivity index (χ0n) is 19.9. The smallest absolute Gasteiger partial charge is 0.344 e. The Morgan fingerprint density at radius 3 is 2.79 bits per heavy atom. The van der Waals surface area contributed by atoms with Crippen molar-refractivity contribution >= 4 is 24.1 Å². The standard InChI is InChI=1S/C23H31N5O5.Ac/c1-5-10-28-15-24-21(26(4)16-29)20(28)22(30)25(3)12-13-32-23(31)18-7-6-11-27(14-18)19-9-8-17(2)33-19;/h6-7,11,14-17,19H,2,5,8-10,12-13H2,1,3-4H3;. The van der Waals surface area contributed by atoms with E-state index in [-0.39, 0.29) is 75.5 Å². The van der Waals surface area contributed by atoms with Crippen LogP contribution in [0.25, 0.3) is 0 Å². The molecule has 3 heterocycles. The van der Waals surface area contributed by atoms with Crippen LogP contribution in [0.2, 0.25) is 0 Å². The molecular weight excluding hydrogens is 653 g/mol. The molecule has 181 valence electrons.